The number of aromatic nitrogens is 5. The number of thiazole rings is 1. The summed E-state index contributed by atoms with van der Waals surface area (Å²) in [6, 6.07) is 0. The van der Waals surface area contributed by atoms with Crippen LogP contribution in [0.25, 0.3) is 11.2 Å². The molecule has 0 bridgehead atoms. The number of H-pyrrole nitrogens is 1. The fourth-order valence-corrected chi connectivity index (χ4v) is 2.96. The van der Waals surface area contributed by atoms with Crippen molar-refractivity contribution >= 4 is 39.4 Å². The second-order valence-electron chi connectivity index (χ2n) is 2.90. The molecule has 0 atom stereocenters. The Labute approximate surface area is 98.4 Å². The van der Waals surface area contributed by atoms with E-state index in [9.17, 15) is 0 Å². The average molecular weight is 250 g/mol. The molecule has 0 aliphatic rings. The van der Waals surface area contributed by atoms with E-state index in [1.807, 2.05) is 0 Å². The van der Waals surface area contributed by atoms with E-state index in [0.717, 1.165) is 14.8 Å². The molecule has 80 valence electrons. The minimum absolute atomic E-state index is 0.553. The first-order valence-corrected chi connectivity index (χ1v) is 5.99. The summed E-state index contributed by atoms with van der Waals surface area (Å²) < 4.78 is 0.993. The summed E-state index contributed by atoms with van der Waals surface area (Å²) in [7, 11) is 0. The maximum absolute atomic E-state index is 5.57. The first-order valence-electron chi connectivity index (χ1n) is 4.36. The molecule has 8 heteroatoms. The van der Waals surface area contributed by atoms with Gasteiger partial charge in [-0.15, -0.1) is 0 Å². The van der Waals surface area contributed by atoms with Gasteiger partial charge in [0, 0.05) is 0 Å². The number of nitrogen functional groups attached to an aromatic ring is 1. The van der Waals surface area contributed by atoms with Gasteiger partial charge in [-0.1, -0.05) is 23.1 Å². The molecule has 3 aromatic rings. The minimum Gasteiger partial charge on any atom is -0.375 e. The predicted octanol–water partition coefficient (Wildman–Crippen LogP) is 1.54. The molecular weight excluding hydrogens is 244 g/mol. The van der Waals surface area contributed by atoms with E-state index in [4.69, 9.17) is 5.73 Å². The summed E-state index contributed by atoms with van der Waals surface area (Å²) in [5.41, 5.74) is 7.06. The lowest BCUT2D eigenvalue weighted by Crippen LogP contribution is -1.84. The third-order valence-corrected chi connectivity index (χ3v) is 3.82. The summed E-state index contributed by atoms with van der Waals surface area (Å²) in [5.74, 6) is 0. The number of fused-ring (bicyclic) bond motifs is 1. The predicted molar refractivity (Wildman–Crippen MR) is 62.3 cm³/mol. The second-order valence-corrected chi connectivity index (χ2v) is 5.25. The molecule has 0 aromatic carbocycles. The second kappa shape index (κ2) is 3.72. The highest BCUT2D eigenvalue weighted by molar-refractivity contribution is 8.01. The molecule has 0 amide bonds. The highest BCUT2D eigenvalue weighted by Crippen LogP contribution is 2.33. The van der Waals surface area contributed by atoms with Crippen molar-refractivity contribution in [1.29, 1.82) is 0 Å². The van der Waals surface area contributed by atoms with Crippen molar-refractivity contribution in [1.82, 2.24) is 24.9 Å². The number of hydrogen-bond donors (Lipinski definition) is 2. The topological polar surface area (TPSA) is 93.4 Å². The van der Waals surface area contributed by atoms with Gasteiger partial charge in [0.15, 0.2) is 10.8 Å². The van der Waals surface area contributed by atoms with Crippen LogP contribution in [0.1, 0.15) is 0 Å². The highest BCUT2D eigenvalue weighted by Gasteiger charge is 2.09. The Morgan fingerprint density at radius 2 is 2.19 bits per heavy atom. The van der Waals surface area contributed by atoms with Crippen molar-refractivity contribution in [2.24, 2.45) is 0 Å². The zero-order valence-electron chi connectivity index (χ0n) is 7.91. The van der Waals surface area contributed by atoms with E-state index >= 15 is 0 Å². The van der Waals surface area contributed by atoms with Gasteiger partial charge in [0.05, 0.1) is 16.7 Å². The summed E-state index contributed by atoms with van der Waals surface area (Å²) in [5, 5.41) is 1.38. The number of rotatable bonds is 2. The van der Waals surface area contributed by atoms with Crippen LogP contribution >= 0.6 is 23.1 Å². The van der Waals surface area contributed by atoms with Crippen molar-refractivity contribution < 1.29 is 0 Å². The number of hydrogen-bond acceptors (Lipinski definition) is 7. The van der Waals surface area contributed by atoms with Crippen LogP contribution in [0.5, 0.6) is 0 Å². The maximum Gasteiger partial charge on any atom is 0.181 e. The maximum atomic E-state index is 5.57. The van der Waals surface area contributed by atoms with Gasteiger partial charge in [-0.2, -0.15) is 0 Å². The lowest BCUT2D eigenvalue weighted by atomic mass is 10.6. The molecule has 3 N–H and O–H groups in total. The lowest BCUT2D eigenvalue weighted by molar-refractivity contribution is 1.09. The van der Waals surface area contributed by atoms with Crippen LogP contribution in [0.3, 0.4) is 0 Å². The third-order valence-electron chi connectivity index (χ3n) is 1.89. The van der Waals surface area contributed by atoms with Gasteiger partial charge in [-0.3, -0.25) is 0 Å². The lowest BCUT2D eigenvalue weighted by Gasteiger charge is -1.96. The Morgan fingerprint density at radius 3 is 3.00 bits per heavy atom. The van der Waals surface area contributed by atoms with Gasteiger partial charge in [0.25, 0.3) is 0 Å². The van der Waals surface area contributed by atoms with Gasteiger partial charge >= 0.3 is 0 Å². The van der Waals surface area contributed by atoms with Gasteiger partial charge < -0.3 is 10.7 Å². The first-order chi connectivity index (χ1) is 7.83. The molecule has 0 unspecified atom stereocenters. The fraction of sp³-hybridized carbons (Fsp3) is 0. The molecule has 0 aliphatic carbocycles. The molecule has 3 heterocycles. The zero-order chi connectivity index (χ0) is 11.0. The van der Waals surface area contributed by atoms with Crippen LogP contribution < -0.4 is 5.73 Å². The molecule has 0 fully saturated rings. The van der Waals surface area contributed by atoms with Crippen molar-refractivity contribution in [2.45, 2.75) is 9.24 Å². The highest BCUT2D eigenvalue weighted by atomic mass is 32.2. The third kappa shape index (κ3) is 1.61. The Hall–Kier alpha value is -1.67. The van der Waals surface area contributed by atoms with Crippen LogP contribution in [0.15, 0.2) is 28.1 Å². The summed E-state index contributed by atoms with van der Waals surface area (Å²) in [6.45, 7) is 0. The standard InChI is InChI=1S/C8H6N6S2/c9-8-10-1-4(16-8)15-7-5-6(12-2-11-5)13-3-14-7/h1-3H,(H2,9,10)(H,11,12,13,14). The molecule has 0 spiro atoms. The largest absolute Gasteiger partial charge is 0.375 e. The summed E-state index contributed by atoms with van der Waals surface area (Å²) >= 11 is 2.92. The van der Waals surface area contributed by atoms with Crippen LogP contribution in [-0.2, 0) is 0 Å². The number of anilines is 1. The van der Waals surface area contributed by atoms with Crippen LogP contribution in [0.2, 0.25) is 0 Å². The van der Waals surface area contributed by atoms with Crippen molar-refractivity contribution in [3.8, 4) is 0 Å². The molecule has 0 aliphatic heterocycles. The molecular formula is C8H6N6S2. The first kappa shape index (κ1) is 9.55. The smallest absolute Gasteiger partial charge is 0.181 e. The molecule has 3 rings (SSSR count). The van der Waals surface area contributed by atoms with E-state index < -0.39 is 0 Å². The van der Waals surface area contributed by atoms with E-state index in [0.29, 0.717) is 10.8 Å². The zero-order valence-corrected chi connectivity index (χ0v) is 9.55. The number of imidazole rings is 1. The van der Waals surface area contributed by atoms with E-state index in [-0.39, 0.29) is 0 Å². The molecule has 3 aromatic heterocycles. The Kier molecular flexibility index (Phi) is 2.22. The SMILES string of the molecule is Nc1ncc(Sc2ncnc3nc[nH]c23)s1. The van der Waals surface area contributed by atoms with Gasteiger partial charge in [0.2, 0.25) is 0 Å². The van der Waals surface area contributed by atoms with E-state index in [1.165, 1.54) is 29.4 Å². The Morgan fingerprint density at radius 1 is 1.25 bits per heavy atom. The van der Waals surface area contributed by atoms with E-state index in [2.05, 4.69) is 24.9 Å². The van der Waals surface area contributed by atoms with Crippen molar-refractivity contribution in [3.63, 3.8) is 0 Å². The Balaban J connectivity index is 2.03. The van der Waals surface area contributed by atoms with Crippen molar-refractivity contribution in [3.05, 3.63) is 18.9 Å². The quantitative estimate of drug-likeness (QED) is 0.670. The van der Waals surface area contributed by atoms with Crippen LogP contribution in [-0.4, -0.2) is 24.9 Å². The monoisotopic (exact) mass is 250 g/mol. The normalized spacial score (nSPS) is 11.0. The molecule has 16 heavy (non-hydrogen) atoms. The molecule has 6 nitrogen and oxygen atoms in total. The fourth-order valence-electron chi connectivity index (χ4n) is 1.23. The number of nitrogens with one attached hydrogen (secondary N) is 1. The average Bonchev–Trinajstić information content (AvgIpc) is 2.87. The van der Waals surface area contributed by atoms with Crippen molar-refractivity contribution in [2.75, 3.05) is 5.73 Å². The number of nitrogens with zero attached hydrogens (tertiary/aromatic N) is 4. The van der Waals surface area contributed by atoms with E-state index in [1.54, 1.807) is 12.5 Å². The van der Waals surface area contributed by atoms with Crippen LogP contribution in [0, 0.1) is 0 Å². The number of aromatic amines is 1. The molecule has 0 saturated carbocycles. The Bertz CT molecular complexity index is 630. The van der Waals surface area contributed by atoms with Gasteiger partial charge in [-0.25, -0.2) is 19.9 Å². The molecule has 0 radical (unpaired) electrons. The van der Waals surface area contributed by atoms with Crippen LogP contribution in [0.4, 0.5) is 5.13 Å². The minimum atomic E-state index is 0.553. The molecule has 0 saturated heterocycles. The number of nitrogens with two attached hydrogens (primary N) is 1. The van der Waals surface area contributed by atoms with Gasteiger partial charge in [-0.05, 0) is 0 Å². The summed E-state index contributed by atoms with van der Waals surface area (Å²) in [6.07, 6.45) is 4.83. The summed E-state index contributed by atoms with van der Waals surface area (Å²) in [4.78, 5) is 19.3. The van der Waals surface area contributed by atoms with Gasteiger partial charge in [0.1, 0.15) is 16.9 Å².